The summed E-state index contributed by atoms with van der Waals surface area (Å²) in [6.45, 7) is 6.19. The number of carbonyl (C=O) groups excluding carboxylic acids is 1. The van der Waals surface area contributed by atoms with Gasteiger partial charge in [-0.2, -0.15) is 0 Å². The van der Waals surface area contributed by atoms with Crippen LogP contribution in [-0.4, -0.2) is 56.9 Å². The monoisotopic (exact) mass is 229 g/mol. The topological polar surface area (TPSA) is 53.6 Å². The first-order valence-corrected chi connectivity index (χ1v) is 6.04. The number of hydrogen-bond donors (Lipinski definition) is 2. The second-order valence-electron chi connectivity index (χ2n) is 4.23. The Kier molecular flexibility index (Phi) is 6.18. The van der Waals surface area contributed by atoms with Crippen LogP contribution in [0.25, 0.3) is 0 Å². The predicted octanol–water partition coefficient (Wildman–Crippen LogP) is 0.416. The van der Waals surface area contributed by atoms with E-state index in [9.17, 15) is 4.79 Å². The molecule has 0 bridgehead atoms. The second-order valence-corrected chi connectivity index (χ2v) is 4.23. The van der Waals surface area contributed by atoms with Crippen LogP contribution < -0.4 is 10.6 Å². The van der Waals surface area contributed by atoms with Crippen molar-refractivity contribution in [2.75, 3.05) is 39.8 Å². The summed E-state index contributed by atoms with van der Waals surface area (Å²) in [6, 6.07) is -0.0778. The van der Waals surface area contributed by atoms with Gasteiger partial charge in [0.25, 0.3) is 0 Å². The van der Waals surface area contributed by atoms with Crippen molar-refractivity contribution >= 4 is 6.03 Å². The van der Waals surface area contributed by atoms with Gasteiger partial charge in [0.15, 0.2) is 0 Å². The average Bonchev–Trinajstić information content (AvgIpc) is 2.26. The molecule has 0 aromatic heterocycles. The molecule has 0 aromatic rings. The summed E-state index contributed by atoms with van der Waals surface area (Å²) in [5.41, 5.74) is 0. The molecule has 16 heavy (non-hydrogen) atoms. The van der Waals surface area contributed by atoms with Crippen molar-refractivity contribution in [3.05, 3.63) is 0 Å². The number of nitrogens with zero attached hydrogens (tertiary/aromatic N) is 1. The molecule has 0 radical (unpaired) electrons. The molecule has 2 N–H and O–H groups in total. The molecule has 0 aromatic carbocycles. The highest BCUT2D eigenvalue weighted by Crippen LogP contribution is 2.05. The lowest BCUT2D eigenvalue weighted by Crippen LogP contribution is -2.43. The van der Waals surface area contributed by atoms with Gasteiger partial charge in [0, 0.05) is 26.2 Å². The molecular formula is C11H23N3O2. The van der Waals surface area contributed by atoms with E-state index in [1.807, 2.05) is 6.92 Å². The number of amides is 2. The second kappa shape index (κ2) is 7.46. The third-order valence-corrected chi connectivity index (χ3v) is 2.63. The van der Waals surface area contributed by atoms with Gasteiger partial charge in [0.05, 0.1) is 12.7 Å². The molecule has 1 atom stereocenters. The fourth-order valence-electron chi connectivity index (χ4n) is 1.69. The molecule has 0 aliphatic carbocycles. The van der Waals surface area contributed by atoms with Crippen molar-refractivity contribution in [2.45, 2.75) is 25.9 Å². The van der Waals surface area contributed by atoms with Crippen LogP contribution in [0.4, 0.5) is 4.79 Å². The fourth-order valence-corrected chi connectivity index (χ4v) is 1.69. The molecule has 2 amide bonds. The van der Waals surface area contributed by atoms with Gasteiger partial charge in [-0.1, -0.05) is 6.92 Å². The average molecular weight is 229 g/mol. The zero-order valence-corrected chi connectivity index (χ0v) is 10.3. The third-order valence-electron chi connectivity index (χ3n) is 2.63. The number of morpholine rings is 1. The van der Waals surface area contributed by atoms with E-state index in [4.69, 9.17) is 4.74 Å². The molecule has 1 saturated heterocycles. The van der Waals surface area contributed by atoms with Gasteiger partial charge < -0.3 is 20.3 Å². The minimum absolute atomic E-state index is 0.0778. The van der Waals surface area contributed by atoms with Crippen LogP contribution in [0.15, 0.2) is 0 Å². The van der Waals surface area contributed by atoms with Gasteiger partial charge in [0.1, 0.15) is 0 Å². The van der Waals surface area contributed by atoms with E-state index >= 15 is 0 Å². The Bertz CT molecular complexity index is 211. The lowest BCUT2D eigenvalue weighted by molar-refractivity contribution is -0.0224. The van der Waals surface area contributed by atoms with E-state index in [2.05, 4.69) is 22.6 Å². The molecule has 5 nitrogen and oxygen atoms in total. The Labute approximate surface area is 97.5 Å². The third kappa shape index (κ3) is 5.32. The molecule has 1 aliphatic heterocycles. The molecule has 1 unspecified atom stereocenters. The maximum Gasteiger partial charge on any atom is 0.314 e. The molecule has 5 heteroatoms. The van der Waals surface area contributed by atoms with Gasteiger partial charge in [-0.25, -0.2) is 4.79 Å². The molecule has 1 aliphatic rings. The van der Waals surface area contributed by atoms with Crippen LogP contribution in [0.5, 0.6) is 0 Å². The van der Waals surface area contributed by atoms with E-state index in [1.54, 1.807) is 0 Å². The fraction of sp³-hybridized carbons (Fsp3) is 0.909. The number of carbonyl (C=O) groups is 1. The van der Waals surface area contributed by atoms with E-state index in [0.717, 1.165) is 39.1 Å². The minimum atomic E-state index is -0.0778. The number of urea groups is 1. The van der Waals surface area contributed by atoms with Crippen molar-refractivity contribution in [2.24, 2.45) is 0 Å². The number of ether oxygens (including phenoxy) is 1. The highest BCUT2D eigenvalue weighted by Gasteiger charge is 2.17. The Hall–Kier alpha value is -0.810. The van der Waals surface area contributed by atoms with Gasteiger partial charge in [-0.05, 0) is 19.9 Å². The first-order chi connectivity index (χ1) is 7.72. The maximum absolute atomic E-state index is 11.2. The highest BCUT2D eigenvalue weighted by atomic mass is 16.5. The van der Waals surface area contributed by atoms with Crippen LogP contribution in [0.2, 0.25) is 0 Å². The molecule has 1 fully saturated rings. The number of hydrogen-bond acceptors (Lipinski definition) is 3. The van der Waals surface area contributed by atoms with Crippen LogP contribution in [0.1, 0.15) is 19.8 Å². The summed E-state index contributed by atoms with van der Waals surface area (Å²) in [5, 5.41) is 5.61. The molecule has 0 saturated carbocycles. The van der Waals surface area contributed by atoms with Gasteiger partial charge in [-0.15, -0.1) is 0 Å². The number of rotatable bonds is 5. The van der Waals surface area contributed by atoms with Gasteiger partial charge in [0.2, 0.25) is 0 Å². The minimum Gasteiger partial charge on any atom is -0.375 e. The van der Waals surface area contributed by atoms with Crippen LogP contribution in [0, 0.1) is 0 Å². The first kappa shape index (κ1) is 13.3. The zero-order valence-electron chi connectivity index (χ0n) is 10.3. The quantitative estimate of drug-likeness (QED) is 0.718. The molecule has 0 spiro atoms. The molecule has 1 heterocycles. The molecule has 94 valence electrons. The summed E-state index contributed by atoms with van der Waals surface area (Å²) >= 11 is 0. The van der Waals surface area contributed by atoms with Crippen molar-refractivity contribution < 1.29 is 9.53 Å². The summed E-state index contributed by atoms with van der Waals surface area (Å²) in [5.74, 6) is 0. The normalized spacial score (nSPS) is 21.8. The van der Waals surface area contributed by atoms with Crippen molar-refractivity contribution in [3.8, 4) is 0 Å². The number of likely N-dealkylation sites (N-methyl/N-ethyl adjacent to an activating group) is 1. The predicted molar refractivity (Wildman–Crippen MR) is 63.5 cm³/mol. The summed E-state index contributed by atoms with van der Waals surface area (Å²) in [7, 11) is 2.09. The van der Waals surface area contributed by atoms with Crippen LogP contribution in [0.3, 0.4) is 0 Å². The lowest BCUT2D eigenvalue weighted by Gasteiger charge is -2.30. The van der Waals surface area contributed by atoms with E-state index in [0.29, 0.717) is 6.54 Å². The maximum atomic E-state index is 11.2. The van der Waals surface area contributed by atoms with E-state index in [1.165, 1.54) is 0 Å². The first-order valence-electron chi connectivity index (χ1n) is 6.04. The zero-order chi connectivity index (χ0) is 11.8. The Morgan fingerprint density at radius 1 is 1.44 bits per heavy atom. The van der Waals surface area contributed by atoms with Crippen LogP contribution in [-0.2, 0) is 4.74 Å². The Morgan fingerprint density at radius 2 is 2.19 bits per heavy atom. The largest absolute Gasteiger partial charge is 0.375 e. The standard InChI is InChI=1S/C11H23N3O2/c1-3-5-12-11(15)13-6-4-10-9-14(2)7-8-16-10/h10H,3-9H2,1-2H3,(H2,12,13,15). The molecular weight excluding hydrogens is 206 g/mol. The Balaban J connectivity index is 2.03. The number of nitrogens with one attached hydrogen (secondary N) is 2. The van der Waals surface area contributed by atoms with Crippen molar-refractivity contribution in [1.29, 1.82) is 0 Å². The van der Waals surface area contributed by atoms with Crippen molar-refractivity contribution in [1.82, 2.24) is 15.5 Å². The summed E-state index contributed by atoms with van der Waals surface area (Å²) < 4.78 is 5.60. The molecule has 1 rings (SSSR count). The van der Waals surface area contributed by atoms with Crippen LogP contribution >= 0.6 is 0 Å². The van der Waals surface area contributed by atoms with Gasteiger partial charge >= 0.3 is 6.03 Å². The van der Waals surface area contributed by atoms with Crippen molar-refractivity contribution in [3.63, 3.8) is 0 Å². The smallest absolute Gasteiger partial charge is 0.314 e. The Morgan fingerprint density at radius 3 is 2.88 bits per heavy atom. The summed E-state index contributed by atoms with van der Waals surface area (Å²) in [4.78, 5) is 13.5. The summed E-state index contributed by atoms with van der Waals surface area (Å²) in [6.07, 6.45) is 2.10. The highest BCUT2D eigenvalue weighted by molar-refractivity contribution is 5.73. The van der Waals surface area contributed by atoms with E-state index in [-0.39, 0.29) is 12.1 Å². The lowest BCUT2D eigenvalue weighted by atomic mass is 10.2. The SMILES string of the molecule is CCCNC(=O)NCCC1CN(C)CCO1. The van der Waals surface area contributed by atoms with E-state index < -0.39 is 0 Å². The van der Waals surface area contributed by atoms with Gasteiger partial charge in [-0.3, -0.25) is 0 Å².